The van der Waals surface area contributed by atoms with Crippen molar-refractivity contribution in [1.82, 2.24) is 9.21 Å². The molecule has 1 heterocycles. The van der Waals surface area contributed by atoms with Crippen LogP contribution in [0.25, 0.3) is 0 Å². The number of piperazine rings is 1. The van der Waals surface area contributed by atoms with E-state index in [1.807, 2.05) is 32.0 Å². The molecule has 1 aromatic rings. The lowest BCUT2D eigenvalue weighted by Gasteiger charge is -2.37. The summed E-state index contributed by atoms with van der Waals surface area (Å²) in [5.41, 5.74) is 1.15. The van der Waals surface area contributed by atoms with Gasteiger partial charge in [0.05, 0.1) is 12.8 Å². The highest BCUT2D eigenvalue weighted by Gasteiger charge is 2.26. The second-order valence-corrected chi connectivity index (χ2v) is 8.64. The zero-order valence-corrected chi connectivity index (χ0v) is 15.5. The maximum absolute atomic E-state index is 12.5. The summed E-state index contributed by atoms with van der Waals surface area (Å²) in [5, 5.41) is 0. The number of para-hydroxylation sites is 1. The normalized spacial score (nSPS) is 16.0. The van der Waals surface area contributed by atoms with E-state index in [9.17, 15) is 13.2 Å². The van der Waals surface area contributed by atoms with Crippen molar-refractivity contribution in [2.75, 3.05) is 50.4 Å². The molecule has 0 aliphatic carbocycles. The van der Waals surface area contributed by atoms with Gasteiger partial charge in [-0.05, 0) is 18.1 Å². The Kier molecular flexibility index (Phi) is 6.23. The number of hydrogen-bond donors (Lipinski definition) is 0. The summed E-state index contributed by atoms with van der Waals surface area (Å²) in [7, 11) is -3.37. The highest BCUT2D eigenvalue weighted by molar-refractivity contribution is 7.88. The van der Waals surface area contributed by atoms with E-state index in [2.05, 4.69) is 17.0 Å². The van der Waals surface area contributed by atoms with Gasteiger partial charge in [0.2, 0.25) is 15.9 Å². The number of nitrogens with zero attached hydrogens (tertiary/aromatic N) is 3. The third-order valence-electron chi connectivity index (χ3n) is 4.10. The number of hydrogen-bond acceptors (Lipinski definition) is 4. The smallest absolute Gasteiger partial charge is 0.238 e. The van der Waals surface area contributed by atoms with Gasteiger partial charge in [0.15, 0.2) is 0 Å². The van der Waals surface area contributed by atoms with E-state index in [4.69, 9.17) is 0 Å². The average molecular weight is 353 g/mol. The Labute approximate surface area is 145 Å². The fourth-order valence-electron chi connectivity index (χ4n) is 2.83. The maximum atomic E-state index is 12.5. The van der Waals surface area contributed by atoms with Crippen molar-refractivity contribution in [1.29, 1.82) is 0 Å². The molecule has 7 heteroatoms. The van der Waals surface area contributed by atoms with Gasteiger partial charge in [-0.2, -0.15) is 4.31 Å². The van der Waals surface area contributed by atoms with Crippen LogP contribution in [0.5, 0.6) is 0 Å². The van der Waals surface area contributed by atoms with Gasteiger partial charge in [0, 0.05) is 38.4 Å². The molecule has 1 aromatic carbocycles. The highest BCUT2D eigenvalue weighted by Crippen LogP contribution is 2.16. The number of rotatable bonds is 6. The molecular formula is C17H27N3O3S. The van der Waals surface area contributed by atoms with E-state index < -0.39 is 10.0 Å². The summed E-state index contributed by atoms with van der Waals surface area (Å²) in [5.74, 6) is 0.0660. The Morgan fingerprint density at radius 3 is 2.21 bits per heavy atom. The van der Waals surface area contributed by atoms with Crippen LogP contribution >= 0.6 is 0 Å². The van der Waals surface area contributed by atoms with Gasteiger partial charge in [0.1, 0.15) is 0 Å². The number of amides is 1. The summed E-state index contributed by atoms with van der Waals surface area (Å²) < 4.78 is 25.0. The molecule has 2 rings (SSSR count). The zero-order chi connectivity index (χ0) is 17.7. The third-order valence-corrected chi connectivity index (χ3v) is 5.32. The Balaban J connectivity index is 1.92. The lowest BCUT2D eigenvalue weighted by molar-refractivity contribution is -0.131. The quantitative estimate of drug-likeness (QED) is 0.772. The average Bonchev–Trinajstić information content (AvgIpc) is 2.54. The van der Waals surface area contributed by atoms with Crippen LogP contribution < -0.4 is 4.90 Å². The summed E-state index contributed by atoms with van der Waals surface area (Å²) in [6.07, 6.45) is 1.16. The molecule has 1 aliphatic heterocycles. The van der Waals surface area contributed by atoms with Crippen molar-refractivity contribution in [3.8, 4) is 0 Å². The molecule has 0 aromatic heterocycles. The molecule has 0 saturated carbocycles. The fourth-order valence-corrected chi connectivity index (χ4v) is 3.74. The standard InChI is InChI=1S/C17H27N3O3S/c1-15(2)13-20(24(3,22)23)14-17(21)19-11-9-18(10-12-19)16-7-5-4-6-8-16/h4-8,15H,9-14H2,1-3H3. The van der Waals surface area contributed by atoms with Gasteiger partial charge >= 0.3 is 0 Å². The minimum absolute atomic E-state index is 0.0671. The third kappa shape index (κ3) is 5.21. The molecule has 0 radical (unpaired) electrons. The topological polar surface area (TPSA) is 60.9 Å². The summed E-state index contributed by atoms with van der Waals surface area (Å²) in [6, 6.07) is 10.1. The van der Waals surface area contributed by atoms with Gasteiger partial charge in [0.25, 0.3) is 0 Å². The predicted molar refractivity (Wildman–Crippen MR) is 96.5 cm³/mol. The van der Waals surface area contributed by atoms with E-state index in [1.165, 1.54) is 4.31 Å². The molecule has 0 unspecified atom stereocenters. The first-order valence-electron chi connectivity index (χ1n) is 8.30. The summed E-state index contributed by atoms with van der Waals surface area (Å²) in [4.78, 5) is 16.5. The molecule has 0 N–H and O–H groups in total. The highest BCUT2D eigenvalue weighted by atomic mass is 32.2. The van der Waals surface area contributed by atoms with E-state index in [0.29, 0.717) is 19.6 Å². The molecule has 1 fully saturated rings. The summed E-state index contributed by atoms with van der Waals surface area (Å²) >= 11 is 0. The van der Waals surface area contributed by atoms with Gasteiger partial charge in [-0.15, -0.1) is 0 Å². The van der Waals surface area contributed by atoms with Crippen LogP contribution in [0.3, 0.4) is 0 Å². The first-order valence-corrected chi connectivity index (χ1v) is 10.1. The maximum Gasteiger partial charge on any atom is 0.238 e. The van der Waals surface area contributed by atoms with Crippen LogP contribution in [0.15, 0.2) is 30.3 Å². The Hall–Kier alpha value is -1.60. The van der Waals surface area contributed by atoms with Crippen molar-refractivity contribution in [3.05, 3.63) is 30.3 Å². The lowest BCUT2D eigenvalue weighted by Crippen LogP contribution is -2.52. The molecule has 24 heavy (non-hydrogen) atoms. The Morgan fingerprint density at radius 2 is 1.71 bits per heavy atom. The predicted octanol–water partition coefficient (Wildman–Crippen LogP) is 1.25. The second-order valence-electron chi connectivity index (χ2n) is 6.65. The van der Waals surface area contributed by atoms with Crippen molar-refractivity contribution >= 4 is 21.6 Å². The van der Waals surface area contributed by atoms with Crippen LogP contribution in [-0.4, -0.2) is 69.1 Å². The van der Waals surface area contributed by atoms with Gasteiger partial charge in [-0.1, -0.05) is 32.0 Å². The molecule has 0 atom stereocenters. The van der Waals surface area contributed by atoms with Crippen LogP contribution in [0.2, 0.25) is 0 Å². The molecular weight excluding hydrogens is 326 g/mol. The number of benzene rings is 1. The minimum atomic E-state index is -3.37. The molecule has 6 nitrogen and oxygen atoms in total. The van der Waals surface area contributed by atoms with Crippen molar-refractivity contribution in [3.63, 3.8) is 0 Å². The number of sulfonamides is 1. The second kappa shape index (κ2) is 7.98. The first-order chi connectivity index (χ1) is 11.3. The zero-order valence-electron chi connectivity index (χ0n) is 14.7. The number of carbonyl (C=O) groups excluding carboxylic acids is 1. The van der Waals surface area contributed by atoms with Crippen LogP contribution in [0.1, 0.15) is 13.8 Å². The minimum Gasteiger partial charge on any atom is -0.368 e. The van der Waals surface area contributed by atoms with Gasteiger partial charge in [-0.25, -0.2) is 8.42 Å². The molecule has 0 spiro atoms. The van der Waals surface area contributed by atoms with Crippen LogP contribution in [0.4, 0.5) is 5.69 Å². The molecule has 1 amide bonds. The molecule has 1 saturated heterocycles. The largest absolute Gasteiger partial charge is 0.368 e. The Bertz CT molecular complexity index is 638. The van der Waals surface area contributed by atoms with E-state index in [0.717, 1.165) is 25.0 Å². The van der Waals surface area contributed by atoms with Crippen molar-refractivity contribution < 1.29 is 13.2 Å². The number of carbonyl (C=O) groups is 1. The summed E-state index contributed by atoms with van der Waals surface area (Å²) in [6.45, 7) is 6.96. The monoisotopic (exact) mass is 353 g/mol. The van der Waals surface area contributed by atoms with E-state index in [1.54, 1.807) is 4.90 Å². The van der Waals surface area contributed by atoms with Crippen LogP contribution in [-0.2, 0) is 14.8 Å². The van der Waals surface area contributed by atoms with Crippen molar-refractivity contribution in [2.24, 2.45) is 5.92 Å². The first kappa shape index (κ1) is 18.7. The Morgan fingerprint density at radius 1 is 1.12 bits per heavy atom. The number of anilines is 1. The molecule has 134 valence electrons. The van der Waals surface area contributed by atoms with Gasteiger partial charge < -0.3 is 9.80 Å². The fraction of sp³-hybridized carbons (Fsp3) is 0.588. The van der Waals surface area contributed by atoms with Gasteiger partial charge in [-0.3, -0.25) is 4.79 Å². The van der Waals surface area contributed by atoms with Crippen molar-refractivity contribution in [2.45, 2.75) is 13.8 Å². The SMILES string of the molecule is CC(C)CN(CC(=O)N1CCN(c2ccccc2)CC1)S(C)(=O)=O. The lowest BCUT2D eigenvalue weighted by atomic mass is 10.2. The van der Waals surface area contributed by atoms with E-state index in [-0.39, 0.29) is 18.4 Å². The molecule has 1 aliphatic rings. The molecule has 0 bridgehead atoms. The van der Waals surface area contributed by atoms with E-state index >= 15 is 0 Å². The van der Waals surface area contributed by atoms with Crippen LogP contribution in [0, 0.1) is 5.92 Å².